The second-order valence-corrected chi connectivity index (χ2v) is 3.78. The summed E-state index contributed by atoms with van der Waals surface area (Å²) in [5.74, 6) is 0.632. The zero-order valence-electron chi connectivity index (χ0n) is 9.09. The molecule has 3 heteroatoms. The highest BCUT2D eigenvalue weighted by Crippen LogP contribution is 2.13. The molecule has 0 radical (unpaired) electrons. The fourth-order valence-corrected chi connectivity index (χ4v) is 1.65. The van der Waals surface area contributed by atoms with E-state index in [2.05, 4.69) is 19.2 Å². The van der Waals surface area contributed by atoms with Crippen LogP contribution < -0.4 is 11.1 Å². The van der Waals surface area contributed by atoms with E-state index in [4.69, 9.17) is 5.73 Å². The first kappa shape index (κ1) is 12.9. The Hall–Kier alpha value is -0.120. The van der Waals surface area contributed by atoms with Crippen molar-refractivity contribution in [1.82, 2.24) is 5.32 Å². The van der Waals surface area contributed by atoms with Gasteiger partial charge in [0.25, 0.3) is 0 Å². The van der Waals surface area contributed by atoms with Crippen LogP contribution in [0.2, 0.25) is 0 Å². The average molecular weight is 188 g/mol. The summed E-state index contributed by atoms with van der Waals surface area (Å²) in [6.45, 7) is 7.27. The SMILES string of the molecule is CCCC(C)CC(NCC)C(N)O. The molecule has 0 aliphatic heterocycles. The molecule has 0 aromatic heterocycles. The van der Waals surface area contributed by atoms with Crippen molar-refractivity contribution in [2.45, 2.75) is 52.3 Å². The molecule has 0 aromatic carbocycles. The van der Waals surface area contributed by atoms with Gasteiger partial charge in [-0.3, -0.25) is 0 Å². The van der Waals surface area contributed by atoms with Crippen LogP contribution >= 0.6 is 0 Å². The van der Waals surface area contributed by atoms with Crippen molar-refractivity contribution in [2.24, 2.45) is 11.7 Å². The van der Waals surface area contributed by atoms with Gasteiger partial charge in [0.15, 0.2) is 0 Å². The van der Waals surface area contributed by atoms with Crippen LogP contribution in [0.5, 0.6) is 0 Å². The van der Waals surface area contributed by atoms with Gasteiger partial charge in [0.2, 0.25) is 0 Å². The number of hydrogen-bond acceptors (Lipinski definition) is 3. The van der Waals surface area contributed by atoms with Crippen molar-refractivity contribution in [3.8, 4) is 0 Å². The average Bonchev–Trinajstić information content (AvgIpc) is 2.04. The van der Waals surface area contributed by atoms with Crippen LogP contribution in [0.1, 0.15) is 40.0 Å². The van der Waals surface area contributed by atoms with Gasteiger partial charge in [0.1, 0.15) is 6.23 Å². The molecule has 0 aromatic rings. The third-order valence-electron chi connectivity index (χ3n) is 2.32. The number of aliphatic hydroxyl groups excluding tert-OH is 1. The van der Waals surface area contributed by atoms with Crippen molar-refractivity contribution in [3.63, 3.8) is 0 Å². The molecule has 0 amide bonds. The predicted octanol–water partition coefficient (Wildman–Crippen LogP) is 1.07. The summed E-state index contributed by atoms with van der Waals surface area (Å²) in [5.41, 5.74) is 5.46. The summed E-state index contributed by atoms with van der Waals surface area (Å²) in [7, 11) is 0. The minimum atomic E-state index is -0.737. The second kappa shape index (κ2) is 7.30. The molecular weight excluding hydrogens is 164 g/mol. The summed E-state index contributed by atoms with van der Waals surface area (Å²) in [6.07, 6.45) is 2.62. The van der Waals surface area contributed by atoms with E-state index in [0.717, 1.165) is 13.0 Å². The van der Waals surface area contributed by atoms with Crippen LogP contribution in [0.25, 0.3) is 0 Å². The number of nitrogens with one attached hydrogen (secondary N) is 1. The normalized spacial score (nSPS) is 18.2. The van der Waals surface area contributed by atoms with E-state index in [9.17, 15) is 5.11 Å². The minimum Gasteiger partial charge on any atom is -0.377 e. The molecule has 0 fully saturated rings. The molecule has 0 aliphatic carbocycles. The minimum absolute atomic E-state index is 0.0477. The van der Waals surface area contributed by atoms with Crippen molar-refractivity contribution < 1.29 is 5.11 Å². The summed E-state index contributed by atoms with van der Waals surface area (Å²) >= 11 is 0. The lowest BCUT2D eigenvalue weighted by Gasteiger charge is -2.23. The largest absolute Gasteiger partial charge is 0.377 e. The van der Waals surface area contributed by atoms with Gasteiger partial charge in [0, 0.05) is 6.04 Å². The van der Waals surface area contributed by atoms with Crippen molar-refractivity contribution >= 4 is 0 Å². The van der Waals surface area contributed by atoms with Crippen molar-refractivity contribution in [1.29, 1.82) is 0 Å². The lowest BCUT2D eigenvalue weighted by atomic mass is 9.96. The maximum atomic E-state index is 9.28. The summed E-state index contributed by atoms with van der Waals surface area (Å²) in [6, 6.07) is 0.0477. The first-order chi connectivity index (χ1) is 6.11. The molecule has 0 spiro atoms. The zero-order valence-corrected chi connectivity index (χ0v) is 9.09. The zero-order chi connectivity index (χ0) is 10.3. The summed E-state index contributed by atoms with van der Waals surface area (Å²) < 4.78 is 0. The molecular formula is C10H24N2O. The van der Waals surface area contributed by atoms with Crippen LogP contribution in [0.3, 0.4) is 0 Å². The Balaban J connectivity index is 3.79. The maximum absolute atomic E-state index is 9.28. The predicted molar refractivity (Wildman–Crippen MR) is 56.3 cm³/mol. The van der Waals surface area contributed by atoms with E-state index in [1.807, 2.05) is 6.92 Å². The van der Waals surface area contributed by atoms with Gasteiger partial charge in [-0.1, -0.05) is 33.6 Å². The molecule has 0 saturated heterocycles. The number of hydrogen-bond donors (Lipinski definition) is 3. The fraction of sp³-hybridized carbons (Fsp3) is 1.00. The quantitative estimate of drug-likeness (QED) is 0.524. The lowest BCUT2D eigenvalue weighted by Crippen LogP contribution is -2.45. The van der Waals surface area contributed by atoms with Crippen LogP contribution in [0, 0.1) is 5.92 Å². The highest BCUT2D eigenvalue weighted by Gasteiger charge is 2.16. The highest BCUT2D eigenvalue weighted by molar-refractivity contribution is 4.73. The first-order valence-electron chi connectivity index (χ1n) is 5.28. The number of nitrogens with two attached hydrogens (primary N) is 1. The van der Waals surface area contributed by atoms with Gasteiger partial charge in [-0.05, 0) is 18.9 Å². The fourth-order valence-electron chi connectivity index (χ4n) is 1.65. The van der Waals surface area contributed by atoms with E-state index in [1.165, 1.54) is 12.8 Å². The lowest BCUT2D eigenvalue weighted by molar-refractivity contribution is 0.120. The van der Waals surface area contributed by atoms with Gasteiger partial charge >= 0.3 is 0 Å². The summed E-state index contributed by atoms with van der Waals surface area (Å²) in [5, 5.41) is 12.5. The van der Waals surface area contributed by atoms with Crippen LogP contribution in [-0.4, -0.2) is 23.9 Å². The van der Waals surface area contributed by atoms with E-state index < -0.39 is 6.23 Å². The molecule has 0 saturated carbocycles. The van der Waals surface area contributed by atoms with E-state index in [-0.39, 0.29) is 6.04 Å². The molecule has 4 N–H and O–H groups in total. The highest BCUT2D eigenvalue weighted by atomic mass is 16.3. The first-order valence-corrected chi connectivity index (χ1v) is 5.28. The van der Waals surface area contributed by atoms with Crippen LogP contribution in [-0.2, 0) is 0 Å². The second-order valence-electron chi connectivity index (χ2n) is 3.78. The Morgan fingerprint density at radius 2 is 2.00 bits per heavy atom. The van der Waals surface area contributed by atoms with Crippen LogP contribution in [0.15, 0.2) is 0 Å². The molecule has 0 rings (SSSR count). The monoisotopic (exact) mass is 188 g/mol. The third-order valence-corrected chi connectivity index (χ3v) is 2.32. The Bertz CT molecular complexity index is 117. The topological polar surface area (TPSA) is 58.3 Å². The number of rotatable bonds is 7. The molecule has 3 nitrogen and oxygen atoms in total. The number of likely N-dealkylation sites (N-methyl/N-ethyl adjacent to an activating group) is 1. The molecule has 0 heterocycles. The van der Waals surface area contributed by atoms with Gasteiger partial charge in [-0.25, -0.2) is 0 Å². The summed E-state index contributed by atoms with van der Waals surface area (Å²) in [4.78, 5) is 0. The Kier molecular flexibility index (Phi) is 7.23. The molecule has 13 heavy (non-hydrogen) atoms. The van der Waals surface area contributed by atoms with Gasteiger partial charge in [-0.15, -0.1) is 0 Å². The Morgan fingerprint density at radius 1 is 1.38 bits per heavy atom. The van der Waals surface area contributed by atoms with Gasteiger partial charge in [0.05, 0.1) is 0 Å². The van der Waals surface area contributed by atoms with E-state index in [1.54, 1.807) is 0 Å². The Labute approximate surface area is 81.7 Å². The molecule has 3 atom stereocenters. The molecule has 0 aliphatic rings. The smallest absolute Gasteiger partial charge is 0.117 e. The van der Waals surface area contributed by atoms with Crippen molar-refractivity contribution in [3.05, 3.63) is 0 Å². The maximum Gasteiger partial charge on any atom is 0.117 e. The molecule has 80 valence electrons. The van der Waals surface area contributed by atoms with Crippen molar-refractivity contribution in [2.75, 3.05) is 6.54 Å². The molecule has 0 bridgehead atoms. The number of aliphatic hydroxyl groups is 1. The Morgan fingerprint density at radius 3 is 2.38 bits per heavy atom. The molecule has 3 unspecified atom stereocenters. The van der Waals surface area contributed by atoms with Gasteiger partial charge < -0.3 is 16.2 Å². The standard InChI is InChI=1S/C10H24N2O/c1-4-6-8(3)7-9(10(11)13)12-5-2/h8-10,12-13H,4-7,11H2,1-3H3. The van der Waals surface area contributed by atoms with Crippen LogP contribution in [0.4, 0.5) is 0 Å². The van der Waals surface area contributed by atoms with Gasteiger partial charge in [-0.2, -0.15) is 0 Å². The van der Waals surface area contributed by atoms with E-state index >= 15 is 0 Å². The van der Waals surface area contributed by atoms with E-state index in [0.29, 0.717) is 5.92 Å². The third kappa shape index (κ3) is 6.02.